The number of hydrogen-bond donors (Lipinski definition) is 0. The number of fused-ring (bicyclic) bond motifs is 1. The smallest absolute Gasteiger partial charge is 0.224 e. The first-order chi connectivity index (χ1) is 12.6. The maximum atomic E-state index is 12.7. The van der Waals surface area contributed by atoms with Crippen molar-refractivity contribution in [2.45, 2.75) is 45.7 Å². The van der Waals surface area contributed by atoms with Gasteiger partial charge in [-0.15, -0.1) is 0 Å². The summed E-state index contributed by atoms with van der Waals surface area (Å²) in [5, 5.41) is 0. The Morgan fingerprint density at radius 1 is 1.15 bits per heavy atom. The lowest BCUT2D eigenvalue weighted by molar-refractivity contribution is -0.133. The predicted octanol–water partition coefficient (Wildman–Crippen LogP) is 2.93. The first-order valence-corrected chi connectivity index (χ1v) is 10.0. The van der Waals surface area contributed by atoms with Crippen molar-refractivity contribution in [2.24, 2.45) is 11.8 Å². The van der Waals surface area contributed by atoms with Gasteiger partial charge in [0.2, 0.25) is 5.91 Å². The monoisotopic (exact) mass is 358 g/mol. The van der Waals surface area contributed by atoms with Crippen molar-refractivity contribution in [3.05, 3.63) is 23.8 Å². The Morgan fingerprint density at radius 2 is 1.92 bits per heavy atom. The molecule has 0 N–H and O–H groups in total. The van der Waals surface area contributed by atoms with Gasteiger partial charge in [-0.2, -0.15) is 0 Å². The molecule has 5 nitrogen and oxygen atoms in total. The molecule has 142 valence electrons. The van der Waals surface area contributed by atoms with Crippen LogP contribution in [0.2, 0.25) is 0 Å². The Labute approximate surface area is 156 Å². The predicted molar refractivity (Wildman–Crippen MR) is 100 cm³/mol. The van der Waals surface area contributed by atoms with Gasteiger partial charge in [0.15, 0.2) is 11.5 Å². The molecule has 1 aliphatic carbocycles. The maximum absolute atomic E-state index is 12.7. The molecule has 3 aliphatic rings. The van der Waals surface area contributed by atoms with Crippen LogP contribution in [0.3, 0.4) is 0 Å². The molecule has 1 saturated carbocycles. The summed E-state index contributed by atoms with van der Waals surface area (Å²) < 4.78 is 11.3. The molecule has 1 saturated heterocycles. The largest absolute Gasteiger partial charge is 0.486 e. The van der Waals surface area contributed by atoms with E-state index in [0.717, 1.165) is 43.6 Å². The second-order valence-corrected chi connectivity index (χ2v) is 8.26. The molecule has 0 bridgehead atoms. The van der Waals surface area contributed by atoms with Gasteiger partial charge in [0, 0.05) is 38.6 Å². The fraction of sp³-hybridized carbons (Fsp3) is 0.667. The van der Waals surface area contributed by atoms with Gasteiger partial charge in [-0.05, 0) is 42.4 Å². The average molecular weight is 358 g/mol. The lowest BCUT2D eigenvalue weighted by atomic mass is 10.0. The van der Waals surface area contributed by atoms with E-state index in [-0.39, 0.29) is 0 Å². The van der Waals surface area contributed by atoms with Crippen molar-refractivity contribution in [3.63, 3.8) is 0 Å². The van der Waals surface area contributed by atoms with Crippen LogP contribution in [-0.4, -0.2) is 54.6 Å². The molecule has 0 unspecified atom stereocenters. The molecular weight excluding hydrogens is 328 g/mol. The summed E-state index contributed by atoms with van der Waals surface area (Å²) in [4.78, 5) is 17.4. The van der Waals surface area contributed by atoms with Crippen LogP contribution in [0.25, 0.3) is 0 Å². The van der Waals surface area contributed by atoms with E-state index in [1.165, 1.54) is 18.4 Å². The number of rotatable bonds is 5. The number of carbonyl (C=O) groups excluding carboxylic acids is 1. The van der Waals surface area contributed by atoms with E-state index in [4.69, 9.17) is 9.47 Å². The molecule has 1 amide bonds. The number of benzene rings is 1. The topological polar surface area (TPSA) is 42.0 Å². The fourth-order valence-corrected chi connectivity index (χ4v) is 4.01. The van der Waals surface area contributed by atoms with E-state index in [0.29, 0.717) is 37.5 Å². The second kappa shape index (κ2) is 7.47. The van der Waals surface area contributed by atoms with E-state index >= 15 is 0 Å². The summed E-state index contributed by atoms with van der Waals surface area (Å²) in [5.41, 5.74) is 1.22. The molecule has 0 spiro atoms. The van der Waals surface area contributed by atoms with Gasteiger partial charge in [-0.1, -0.05) is 19.9 Å². The molecular formula is C21H30N2O3. The summed E-state index contributed by atoms with van der Waals surface area (Å²) in [5.74, 6) is 3.22. The number of carbonyl (C=O) groups is 1. The Balaban J connectivity index is 1.47. The van der Waals surface area contributed by atoms with Crippen molar-refractivity contribution in [1.82, 2.24) is 9.80 Å². The molecule has 1 aromatic rings. The molecule has 2 aliphatic heterocycles. The summed E-state index contributed by atoms with van der Waals surface area (Å²) in [7, 11) is 0. The van der Waals surface area contributed by atoms with Crippen LogP contribution in [0.4, 0.5) is 0 Å². The van der Waals surface area contributed by atoms with Crippen LogP contribution in [0, 0.1) is 11.8 Å². The van der Waals surface area contributed by atoms with Crippen LogP contribution in [0.15, 0.2) is 18.2 Å². The van der Waals surface area contributed by atoms with Crippen LogP contribution in [0.1, 0.15) is 38.7 Å². The van der Waals surface area contributed by atoms with Gasteiger partial charge in [-0.25, -0.2) is 0 Å². The zero-order valence-electron chi connectivity index (χ0n) is 15.9. The van der Waals surface area contributed by atoms with Crippen molar-refractivity contribution >= 4 is 5.91 Å². The van der Waals surface area contributed by atoms with E-state index in [9.17, 15) is 4.79 Å². The third-order valence-electron chi connectivity index (χ3n) is 5.74. The van der Waals surface area contributed by atoms with Crippen molar-refractivity contribution in [2.75, 3.05) is 32.8 Å². The van der Waals surface area contributed by atoms with Gasteiger partial charge >= 0.3 is 0 Å². The van der Waals surface area contributed by atoms with Gasteiger partial charge in [0.05, 0.1) is 0 Å². The van der Waals surface area contributed by atoms with E-state index < -0.39 is 0 Å². The van der Waals surface area contributed by atoms with Crippen LogP contribution < -0.4 is 9.47 Å². The first-order valence-electron chi connectivity index (χ1n) is 10.0. The Morgan fingerprint density at radius 3 is 2.65 bits per heavy atom. The van der Waals surface area contributed by atoms with Crippen molar-refractivity contribution in [3.8, 4) is 11.5 Å². The van der Waals surface area contributed by atoms with E-state index in [1.807, 2.05) is 6.07 Å². The minimum absolute atomic E-state index is 0.308. The summed E-state index contributed by atoms with van der Waals surface area (Å²) in [6.07, 6.45) is 3.20. The van der Waals surface area contributed by atoms with Gasteiger partial charge in [-0.3, -0.25) is 9.69 Å². The van der Waals surface area contributed by atoms with Gasteiger partial charge < -0.3 is 14.4 Å². The Kier molecular flexibility index (Phi) is 5.07. The molecule has 5 heteroatoms. The lowest BCUT2D eigenvalue weighted by Crippen LogP contribution is -2.47. The Bertz CT molecular complexity index is 657. The summed E-state index contributed by atoms with van der Waals surface area (Å²) in [6.45, 7) is 9.30. The highest BCUT2D eigenvalue weighted by molar-refractivity contribution is 5.77. The molecule has 0 radical (unpaired) electrons. The molecule has 26 heavy (non-hydrogen) atoms. The van der Waals surface area contributed by atoms with E-state index in [2.05, 4.69) is 35.8 Å². The standard InChI is InChI=1S/C21H30N2O3/c1-15(2)18-14-22(8-7-21(24)23(18)13-16-3-4-16)12-17-5-6-19-20(11-17)26-10-9-25-19/h5-6,11,15-16,18H,3-4,7-10,12-14H2,1-2H3/t18-/m1/s1. The molecule has 2 fully saturated rings. The van der Waals surface area contributed by atoms with Crippen LogP contribution in [-0.2, 0) is 11.3 Å². The lowest BCUT2D eigenvalue weighted by Gasteiger charge is -2.35. The van der Waals surface area contributed by atoms with Crippen LogP contribution in [0.5, 0.6) is 11.5 Å². The van der Waals surface area contributed by atoms with Crippen molar-refractivity contribution < 1.29 is 14.3 Å². The molecule has 4 rings (SSSR count). The average Bonchev–Trinajstić information content (AvgIpc) is 3.46. The van der Waals surface area contributed by atoms with Gasteiger partial charge in [0.1, 0.15) is 13.2 Å². The SMILES string of the molecule is CC(C)[C@H]1CN(Cc2ccc3c(c2)OCCO3)CCC(=O)N1CC1CC1. The highest BCUT2D eigenvalue weighted by atomic mass is 16.6. The number of hydrogen-bond acceptors (Lipinski definition) is 4. The van der Waals surface area contributed by atoms with Crippen molar-refractivity contribution in [1.29, 1.82) is 0 Å². The molecule has 1 aromatic carbocycles. The summed E-state index contributed by atoms with van der Waals surface area (Å²) >= 11 is 0. The number of amides is 1. The third-order valence-corrected chi connectivity index (χ3v) is 5.74. The zero-order chi connectivity index (χ0) is 18.1. The quantitative estimate of drug-likeness (QED) is 0.812. The minimum atomic E-state index is 0.308. The van der Waals surface area contributed by atoms with E-state index in [1.54, 1.807) is 0 Å². The number of ether oxygens (including phenoxy) is 2. The molecule has 2 heterocycles. The minimum Gasteiger partial charge on any atom is -0.486 e. The first kappa shape index (κ1) is 17.7. The molecule has 1 atom stereocenters. The highest BCUT2D eigenvalue weighted by Gasteiger charge is 2.35. The van der Waals surface area contributed by atoms with Crippen LogP contribution >= 0.6 is 0 Å². The molecule has 0 aromatic heterocycles. The third kappa shape index (κ3) is 3.98. The zero-order valence-corrected chi connectivity index (χ0v) is 15.9. The normalized spacial score (nSPS) is 24.0. The highest BCUT2D eigenvalue weighted by Crippen LogP contribution is 2.33. The maximum Gasteiger partial charge on any atom is 0.224 e. The summed E-state index contributed by atoms with van der Waals surface area (Å²) in [6, 6.07) is 6.52. The Hall–Kier alpha value is -1.75. The number of nitrogens with zero attached hydrogens (tertiary/aromatic N) is 2. The van der Waals surface area contributed by atoms with Gasteiger partial charge in [0.25, 0.3) is 0 Å². The fourth-order valence-electron chi connectivity index (χ4n) is 4.01. The second-order valence-electron chi connectivity index (χ2n) is 8.26.